The van der Waals surface area contributed by atoms with E-state index in [-0.39, 0.29) is 5.91 Å². The lowest BCUT2D eigenvalue weighted by Crippen LogP contribution is -2.44. The maximum atomic E-state index is 11.0. The van der Waals surface area contributed by atoms with Crippen molar-refractivity contribution in [1.29, 1.82) is 0 Å². The second-order valence-corrected chi connectivity index (χ2v) is 3.34. The number of likely N-dealkylation sites (tertiary alicyclic amines) is 1. The zero-order valence-electron chi connectivity index (χ0n) is 6.84. The molecule has 0 radical (unpaired) electrons. The Hall–Kier alpha value is -0.610. The van der Waals surface area contributed by atoms with Crippen molar-refractivity contribution in [3.8, 4) is 0 Å². The molecular weight excluding hydrogens is 142 g/mol. The summed E-state index contributed by atoms with van der Waals surface area (Å²) in [6.07, 6.45) is 0.801. The molecule has 0 spiro atoms. The number of nitrogens with zero attached hydrogens (tertiary/aromatic N) is 1. The fraction of sp³-hybridized carbons (Fsp3) is 0.857. The van der Waals surface area contributed by atoms with Crippen LogP contribution in [0.5, 0.6) is 0 Å². The normalized spacial score (nSPS) is 32.5. The van der Waals surface area contributed by atoms with E-state index < -0.39 is 5.41 Å². The van der Waals surface area contributed by atoms with Crippen LogP contribution >= 0.6 is 0 Å². The summed E-state index contributed by atoms with van der Waals surface area (Å²) in [5, 5.41) is 0. The van der Waals surface area contributed by atoms with E-state index >= 15 is 0 Å². The first-order valence-electron chi connectivity index (χ1n) is 3.79. The summed E-state index contributed by atoms with van der Waals surface area (Å²) in [4.78, 5) is 13.1. The molecule has 1 aliphatic heterocycles. The molecule has 1 atom stereocenters. The van der Waals surface area contributed by atoms with E-state index in [1.54, 1.807) is 0 Å². The zero-order valence-corrected chi connectivity index (χ0v) is 6.84. The highest BCUT2D eigenvalue weighted by molar-refractivity contribution is 5.81. The molecule has 1 aliphatic rings. The minimum absolute atomic E-state index is 0.260. The van der Waals surface area contributed by atoms with Crippen LogP contribution in [0.4, 0.5) is 0 Å². The van der Waals surface area contributed by atoms with Gasteiger partial charge in [0.2, 0.25) is 5.91 Å². The van der Waals surface area contributed by atoms with Gasteiger partial charge in [0.1, 0.15) is 0 Å². The van der Waals surface area contributed by atoms with Crippen molar-refractivity contribution < 1.29 is 4.79 Å². The van der Waals surface area contributed by atoms with Crippen LogP contribution in [0.1, 0.15) is 6.42 Å². The second kappa shape index (κ2) is 2.79. The number of carbonyl (C=O) groups is 1. The number of hydrogen-bond donors (Lipinski definition) is 2. The van der Waals surface area contributed by atoms with Crippen LogP contribution in [0.25, 0.3) is 0 Å². The van der Waals surface area contributed by atoms with Crippen LogP contribution in [-0.4, -0.2) is 37.5 Å². The van der Waals surface area contributed by atoms with E-state index in [2.05, 4.69) is 4.90 Å². The molecule has 1 unspecified atom stereocenters. The lowest BCUT2D eigenvalue weighted by molar-refractivity contribution is -0.126. The van der Waals surface area contributed by atoms with Crippen molar-refractivity contribution in [2.75, 3.05) is 26.7 Å². The molecule has 1 rings (SSSR count). The van der Waals surface area contributed by atoms with Crippen LogP contribution in [0.2, 0.25) is 0 Å². The molecule has 11 heavy (non-hydrogen) atoms. The molecular formula is C7H15N3O. The third-order valence-electron chi connectivity index (χ3n) is 2.46. The lowest BCUT2D eigenvalue weighted by Gasteiger charge is -2.22. The summed E-state index contributed by atoms with van der Waals surface area (Å²) in [7, 11) is 1.97. The third kappa shape index (κ3) is 1.36. The maximum absolute atomic E-state index is 11.0. The van der Waals surface area contributed by atoms with E-state index in [9.17, 15) is 4.79 Å². The van der Waals surface area contributed by atoms with Crippen LogP contribution < -0.4 is 11.5 Å². The van der Waals surface area contributed by atoms with Gasteiger partial charge in [0.15, 0.2) is 0 Å². The van der Waals surface area contributed by atoms with Crippen LogP contribution in [0, 0.1) is 5.41 Å². The first-order valence-corrected chi connectivity index (χ1v) is 3.79. The summed E-state index contributed by atoms with van der Waals surface area (Å²) < 4.78 is 0. The predicted molar refractivity (Wildman–Crippen MR) is 42.8 cm³/mol. The standard InChI is InChI=1S/C7H15N3O/c1-10-3-2-7(4-8,5-10)6(9)11/h2-5,8H2,1H3,(H2,9,11). The van der Waals surface area contributed by atoms with E-state index in [0.29, 0.717) is 13.1 Å². The van der Waals surface area contributed by atoms with Crippen molar-refractivity contribution in [1.82, 2.24) is 4.90 Å². The van der Waals surface area contributed by atoms with Gasteiger partial charge in [-0.15, -0.1) is 0 Å². The fourth-order valence-corrected chi connectivity index (χ4v) is 1.55. The minimum atomic E-state index is -0.450. The molecule has 4 nitrogen and oxygen atoms in total. The van der Waals surface area contributed by atoms with Gasteiger partial charge in [0.05, 0.1) is 5.41 Å². The van der Waals surface area contributed by atoms with Crippen molar-refractivity contribution >= 4 is 5.91 Å². The molecule has 1 fully saturated rings. The van der Waals surface area contributed by atoms with E-state index in [4.69, 9.17) is 11.5 Å². The quantitative estimate of drug-likeness (QED) is 0.526. The fourth-order valence-electron chi connectivity index (χ4n) is 1.55. The Morgan fingerprint density at radius 2 is 2.36 bits per heavy atom. The summed E-state index contributed by atoms with van der Waals surface area (Å²) in [6.45, 7) is 1.99. The number of hydrogen-bond acceptors (Lipinski definition) is 3. The van der Waals surface area contributed by atoms with E-state index in [0.717, 1.165) is 13.0 Å². The van der Waals surface area contributed by atoms with Gasteiger partial charge in [-0.1, -0.05) is 0 Å². The number of amides is 1. The largest absolute Gasteiger partial charge is 0.369 e. The smallest absolute Gasteiger partial charge is 0.226 e. The van der Waals surface area contributed by atoms with Crippen molar-refractivity contribution in [2.45, 2.75) is 6.42 Å². The van der Waals surface area contributed by atoms with Gasteiger partial charge in [0.25, 0.3) is 0 Å². The number of primary amides is 1. The average Bonchev–Trinajstić information content (AvgIpc) is 2.33. The van der Waals surface area contributed by atoms with Crippen LogP contribution in [0.3, 0.4) is 0 Å². The van der Waals surface area contributed by atoms with Crippen LogP contribution in [-0.2, 0) is 4.79 Å². The maximum Gasteiger partial charge on any atom is 0.226 e. The number of nitrogens with two attached hydrogens (primary N) is 2. The van der Waals surface area contributed by atoms with Gasteiger partial charge in [-0.05, 0) is 20.0 Å². The molecule has 4 N–H and O–H groups in total. The lowest BCUT2D eigenvalue weighted by atomic mass is 9.87. The van der Waals surface area contributed by atoms with E-state index in [1.807, 2.05) is 7.05 Å². The molecule has 0 saturated carbocycles. The molecule has 0 aromatic heterocycles. The van der Waals surface area contributed by atoms with Crippen LogP contribution in [0.15, 0.2) is 0 Å². The SMILES string of the molecule is CN1CCC(CN)(C(N)=O)C1. The molecule has 1 heterocycles. The van der Waals surface area contributed by atoms with Gasteiger partial charge in [0, 0.05) is 13.1 Å². The van der Waals surface area contributed by atoms with Gasteiger partial charge < -0.3 is 16.4 Å². The molecule has 1 saturated heterocycles. The molecule has 0 aromatic rings. The van der Waals surface area contributed by atoms with Crippen molar-refractivity contribution in [3.05, 3.63) is 0 Å². The summed E-state index contributed by atoms with van der Waals surface area (Å²) in [6, 6.07) is 0. The number of rotatable bonds is 2. The summed E-state index contributed by atoms with van der Waals surface area (Å²) >= 11 is 0. The first-order chi connectivity index (χ1) is 5.10. The van der Waals surface area contributed by atoms with Gasteiger partial charge in [-0.3, -0.25) is 4.79 Å². The van der Waals surface area contributed by atoms with E-state index in [1.165, 1.54) is 0 Å². The Labute approximate surface area is 66.5 Å². The Morgan fingerprint density at radius 3 is 2.55 bits per heavy atom. The number of carbonyl (C=O) groups excluding carboxylic acids is 1. The molecule has 4 heteroatoms. The monoisotopic (exact) mass is 157 g/mol. The highest BCUT2D eigenvalue weighted by Crippen LogP contribution is 2.27. The first kappa shape index (κ1) is 8.49. The Bertz CT molecular complexity index is 171. The molecule has 1 amide bonds. The molecule has 0 bridgehead atoms. The highest BCUT2D eigenvalue weighted by Gasteiger charge is 2.40. The summed E-state index contributed by atoms with van der Waals surface area (Å²) in [5.74, 6) is -0.260. The van der Waals surface area contributed by atoms with Gasteiger partial charge in [-0.25, -0.2) is 0 Å². The highest BCUT2D eigenvalue weighted by atomic mass is 16.1. The Balaban J connectivity index is 2.70. The molecule has 0 aromatic carbocycles. The third-order valence-corrected chi connectivity index (χ3v) is 2.46. The molecule has 64 valence electrons. The topological polar surface area (TPSA) is 72.3 Å². The Morgan fingerprint density at radius 1 is 1.73 bits per heavy atom. The second-order valence-electron chi connectivity index (χ2n) is 3.34. The predicted octanol–water partition coefficient (Wildman–Crippen LogP) is -1.25. The van der Waals surface area contributed by atoms with Gasteiger partial charge >= 0.3 is 0 Å². The Kier molecular flexibility index (Phi) is 2.15. The zero-order chi connectivity index (χ0) is 8.48. The minimum Gasteiger partial charge on any atom is -0.369 e. The molecule has 0 aliphatic carbocycles. The van der Waals surface area contributed by atoms with Crippen molar-refractivity contribution in [3.63, 3.8) is 0 Å². The van der Waals surface area contributed by atoms with Crippen molar-refractivity contribution in [2.24, 2.45) is 16.9 Å². The van der Waals surface area contributed by atoms with Gasteiger partial charge in [-0.2, -0.15) is 0 Å². The average molecular weight is 157 g/mol. The summed E-state index contributed by atoms with van der Waals surface area (Å²) in [5.41, 5.74) is 10.3.